The molecule has 5 aliphatic rings. The molecule has 2 heteroatoms. The third-order valence-corrected chi connectivity index (χ3v) is 18.4. The smallest absolute Gasteiger partial charge is 0.0725 e. The summed E-state index contributed by atoms with van der Waals surface area (Å²) >= 11 is 0. The minimum absolute atomic E-state index is 0.197. The van der Waals surface area contributed by atoms with Crippen LogP contribution in [0.15, 0.2) is 267 Å². The van der Waals surface area contributed by atoms with Gasteiger partial charge in [0.05, 0.1) is 16.8 Å². The van der Waals surface area contributed by atoms with Crippen molar-refractivity contribution >= 4 is 34.1 Å². The maximum atomic E-state index is 2.54. The fourth-order valence-corrected chi connectivity index (χ4v) is 15.1. The molecule has 1 unspecified atom stereocenters. The quantitative estimate of drug-likeness (QED) is 0.173. The van der Waals surface area contributed by atoms with E-state index in [2.05, 4.69) is 291 Å². The number of benzene rings is 12. The zero-order valence-electron chi connectivity index (χ0n) is 44.0. The zero-order chi connectivity index (χ0) is 52.1. The van der Waals surface area contributed by atoms with Crippen molar-refractivity contribution in [1.82, 2.24) is 0 Å². The number of nitrogens with zero attached hydrogens (tertiary/aromatic N) is 2. The molecule has 17 rings (SSSR count). The van der Waals surface area contributed by atoms with Gasteiger partial charge in [0.15, 0.2) is 0 Å². The van der Waals surface area contributed by atoms with Gasteiger partial charge in [-0.25, -0.2) is 0 Å². The first-order chi connectivity index (χ1) is 39.0. The Labute approximate surface area is 461 Å². The van der Waals surface area contributed by atoms with E-state index in [0.717, 1.165) is 40.5 Å². The average molecular weight is 1010 g/mol. The van der Waals surface area contributed by atoms with Gasteiger partial charge in [-0.15, -0.1) is 0 Å². The fourth-order valence-electron chi connectivity index (χ4n) is 15.1. The van der Waals surface area contributed by atoms with E-state index in [1.165, 1.54) is 122 Å². The zero-order valence-corrected chi connectivity index (χ0v) is 44.0. The van der Waals surface area contributed by atoms with Crippen molar-refractivity contribution in [2.45, 2.75) is 31.1 Å². The number of fused-ring (bicyclic) bond motifs is 24. The van der Waals surface area contributed by atoms with Crippen molar-refractivity contribution in [3.8, 4) is 77.9 Å². The molecule has 2 nitrogen and oxygen atoms in total. The molecule has 0 amide bonds. The molecule has 0 fully saturated rings. The van der Waals surface area contributed by atoms with Gasteiger partial charge in [-0.3, -0.25) is 0 Å². The van der Waals surface area contributed by atoms with Crippen LogP contribution in [0.25, 0.3) is 77.9 Å². The molecule has 79 heavy (non-hydrogen) atoms. The summed E-state index contributed by atoms with van der Waals surface area (Å²) < 4.78 is 0. The fraction of sp³-hybridized carbons (Fsp3) is 0.0649. The molecule has 370 valence electrons. The normalized spacial score (nSPS) is 15.5. The van der Waals surface area contributed by atoms with Crippen LogP contribution in [0.3, 0.4) is 0 Å². The minimum atomic E-state index is -0.625. The van der Waals surface area contributed by atoms with E-state index in [1.807, 2.05) is 0 Å². The van der Waals surface area contributed by atoms with E-state index in [1.54, 1.807) is 0 Å². The summed E-state index contributed by atoms with van der Waals surface area (Å²) in [5.74, 6) is 0. The van der Waals surface area contributed by atoms with Crippen LogP contribution in [0, 0.1) is 0 Å². The first-order valence-corrected chi connectivity index (χ1v) is 27.9. The van der Waals surface area contributed by atoms with Crippen molar-refractivity contribution in [3.05, 3.63) is 311 Å². The van der Waals surface area contributed by atoms with Crippen molar-refractivity contribution in [2.75, 3.05) is 9.80 Å². The maximum Gasteiger partial charge on any atom is 0.0725 e. The average Bonchev–Trinajstić information content (AvgIpc) is 2.94. The van der Waals surface area contributed by atoms with Crippen LogP contribution in [0.4, 0.5) is 34.1 Å². The summed E-state index contributed by atoms with van der Waals surface area (Å²) in [4.78, 5) is 5.00. The third-order valence-electron chi connectivity index (χ3n) is 18.4. The lowest BCUT2D eigenvalue weighted by molar-refractivity contribution is 0.660. The Bertz CT molecular complexity index is 4580. The highest BCUT2D eigenvalue weighted by atomic mass is 15.2. The van der Waals surface area contributed by atoms with Crippen molar-refractivity contribution in [3.63, 3.8) is 0 Å². The molecular formula is C77H52N2. The van der Waals surface area contributed by atoms with Crippen molar-refractivity contribution in [2.24, 2.45) is 0 Å². The molecule has 0 bridgehead atoms. The Morgan fingerprint density at radius 1 is 0.291 bits per heavy atom. The molecule has 0 saturated heterocycles. The summed E-state index contributed by atoms with van der Waals surface area (Å²) in [6.45, 7) is 4.78. The molecule has 0 radical (unpaired) electrons. The molecule has 1 spiro atoms. The number of anilines is 6. The van der Waals surface area contributed by atoms with Crippen LogP contribution in [0.5, 0.6) is 0 Å². The van der Waals surface area contributed by atoms with Gasteiger partial charge in [0.1, 0.15) is 0 Å². The Hall–Kier alpha value is -9.76. The van der Waals surface area contributed by atoms with E-state index < -0.39 is 5.41 Å². The highest BCUT2D eigenvalue weighted by molar-refractivity contribution is 6.06. The predicted molar refractivity (Wildman–Crippen MR) is 328 cm³/mol. The SMILES string of the molecule is CC1(C)c2ccccc2-c2ccc(N(c3ccc4c(c3)-c3ccccc3-c3ccccc3N4c3ccccc3)c3ccc4c(c3)-c3ccccc3-c3ccccc3C43c4ccccc4-c4c3ccc3c4-c4ccccc4C3)cc21. The molecule has 0 aromatic heterocycles. The van der Waals surface area contributed by atoms with E-state index in [9.17, 15) is 0 Å². The van der Waals surface area contributed by atoms with Gasteiger partial charge in [0.25, 0.3) is 0 Å². The van der Waals surface area contributed by atoms with Crippen LogP contribution in [0.2, 0.25) is 0 Å². The maximum absolute atomic E-state index is 2.54. The third kappa shape index (κ3) is 6.01. The molecule has 12 aromatic rings. The van der Waals surface area contributed by atoms with Crippen LogP contribution < -0.4 is 9.80 Å². The standard InChI is InChI=1S/C77H52N2/c1-76(2)66-32-16-12-29-60(66)61-40-37-53(47-71(61)76)78(52-39-43-73-65(46-52)58-27-11-9-25-56(58)62-30-15-19-35-72(62)79(73)50-21-4-3-5-22-50)51-38-42-69-64(45-51)57-26-10-8-24-55(57)59-28-13-17-33-67(59)77(69)68-34-18-14-31-63(68)75-70(77)41-36-49-44-48-20-6-7-23-54(48)74(49)75/h3-43,45-47H,44H2,1-2H3. The van der Waals surface area contributed by atoms with Gasteiger partial charge < -0.3 is 9.80 Å². The molecule has 1 atom stereocenters. The molecule has 1 heterocycles. The van der Waals surface area contributed by atoms with Gasteiger partial charge >= 0.3 is 0 Å². The van der Waals surface area contributed by atoms with E-state index in [-0.39, 0.29) is 5.41 Å². The Morgan fingerprint density at radius 2 is 0.759 bits per heavy atom. The van der Waals surface area contributed by atoms with Gasteiger partial charge in [-0.2, -0.15) is 0 Å². The van der Waals surface area contributed by atoms with Gasteiger partial charge in [-0.05, 0) is 178 Å². The number of hydrogen-bond acceptors (Lipinski definition) is 2. The first kappa shape index (κ1) is 44.4. The number of rotatable bonds is 4. The highest BCUT2D eigenvalue weighted by Gasteiger charge is 2.51. The summed E-state index contributed by atoms with van der Waals surface area (Å²) in [6, 6.07) is 101. The van der Waals surface area contributed by atoms with E-state index in [4.69, 9.17) is 0 Å². The molecule has 12 aromatic carbocycles. The topological polar surface area (TPSA) is 6.48 Å². The second kappa shape index (κ2) is 16.4. The lowest BCUT2D eigenvalue weighted by Gasteiger charge is -2.36. The predicted octanol–water partition coefficient (Wildman–Crippen LogP) is 20.2. The van der Waals surface area contributed by atoms with Crippen LogP contribution in [-0.2, 0) is 17.3 Å². The van der Waals surface area contributed by atoms with Crippen LogP contribution in [-0.4, -0.2) is 0 Å². The van der Waals surface area contributed by atoms with Gasteiger partial charge in [0, 0.05) is 39.3 Å². The Morgan fingerprint density at radius 3 is 1.51 bits per heavy atom. The summed E-state index contributed by atoms with van der Waals surface area (Å²) in [5, 5.41) is 0. The van der Waals surface area contributed by atoms with Gasteiger partial charge in [-0.1, -0.05) is 220 Å². The molecular weight excluding hydrogens is 953 g/mol. The van der Waals surface area contributed by atoms with Crippen molar-refractivity contribution in [1.29, 1.82) is 0 Å². The molecule has 0 saturated carbocycles. The van der Waals surface area contributed by atoms with E-state index >= 15 is 0 Å². The second-order valence-electron chi connectivity index (χ2n) is 22.6. The molecule has 0 N–H and O–H groups in total. The highest BCUT2D eigenvalue weighted by Crippen LogP contribution is 2.65. The summed E-state index contributed by atoms with van der Waals surface area (Å²) in [7, 11) is 0. The monoisotopic (exact) mass is 1000 g/mol. The second-order valence-corrected chi connectivity index (χ2v) is 22.6. The van der Waals surface area contributed by atoms with Crippen molar-refractivity contribution < 1.29 is 0 Å². The number of para-hydroxylation sites is 2. The van der Waals surface area contributed by atoms with Gasteiger partial charge in [0.2, 0.25) is 0 Å². The van der Waals surface area contributed by atoms with Crippen LogP contribution >= 0.6 is 0 Å². The lowest BCUT2D eigenvalue weighted by atomic mass is 9.65. The van der Waals surface area contributed by atoms with Crippen LogP contribution in [0.1, 0.15) is 58.4 Å². The summed E-state index contributed by atoms with van der Waals surface area (Å²) in [6.07, 6.45) is 0.948. The molecule has 1 aliphatic heterocycles. The number of hydrogen-bond donors (Lipinski definition) is 0. The largest absolute Gasteiger partial charge is 0.310 e. The summed E-state index contributed by atoms with van der Waals surface area (Å²) in [5.41, 5.74) is 34.6. The first-order valence-electron chi connectivity index (χ1n) is 27.9. The lowest BCUT2D eigenvalue weighted by Crippen LogP contribution is -2.29. The minimum Gasteiger partial charge on any atom is -0.310 e. The van der Waals surface area contributed by atoms with E-state index in [0.29, 0.717) is 0 Å². The molecule has 4 aliphatic carbocycles. The Kier molecular flexibility index (Phi) is 9.20. The Balaban J connectivity index is 0.952.